The van der Waals surface area contributed by atoms with Gasteiger partial charge in [0, 0.05) is 18.9 Å². The Morgan fingerprint density at radius 2 is 2.19 bits per heavy atom. The molecular formula is C13H13FN2. The number of benzene rings is 1. The molecule has 0 spiro atoms. The van der Waals surface area contributed by atoms with Gasteiger partial charge < -0.3 is 5.32 Å². The van der Waals surface area contributed by atoms with Gasteiger partial charge in [0.25, 0.3) is 0 Å². The number of aryl methyl sites for hydroxylation is 1. The Morgan fingerprint density at radius 1 is 1.31 bits per heavy atom. The molecular weight excluding hydrogens is 203 g/mol. The van der Waals surface area contributed by atoms with Gasteiger partial charge in [0.2, 0.25) is 0 Å². The SMILES string of the molecule is Cc1cc(CNc2cccnc2)ccc1F. The monoisotopic (exact) mass is 216 g/mol. The van der Waals surface area contributed by atoms with E-state index in [0.29, 0.717) is 12.1 Å². The van der Waals surface area contributed by atoms with Crippen molar-refractivity contribution in [3.05, 3.63) is 59.7 Å². The summed E-state index contributed by atoms with van der Waals surface area (Å²) in [7, 11) is 0. The summed E-state index contributed by atoms with van der Waals surface area (Å²) < 4.78 is 13.0. The van der Waals surface area contributed by atoms with E-state index in [1.165, 1.54) is 6.07 Å². The molecule has 0 aliphatic rings. The average molecular weight is 216 g/mol. The summed E-state index contributed by atoms with van der Waals surface area (Å²) in [5.74, 6) is -0.162. The van der Waals surface area contributed by atoms with Gasteiger partial charge in [-0.15, -0.1) is 0 Å². The van der Waals surface area contributed by atoms with Crippen molar-refractivity contribution in [3.63, 3.8) is 0 Å². The first-order valence-corrected chi connectivity index (χ1v) is 5.14. The van der Waals surface area contributed by atoms with Crippen molar-refractivity contribution in [3.8, 4) is 0 Å². The lowest BCUT2D eigenvalue weighted by molar-refractivity contribution is 0.617. The van der Waals surface area contributed by atoms with E-state index in [2.05, 4.69) is 10.3 Å². The first-order valence-electron chi connectivity index (χ1n) is 5.14. The maximum atomic E-state index is 13.0. The quantitative estimate of drug-likeness (QED) is 0.852. The maximum absolute atomic E-state index is 13.0. The highest BCUT2D eigenvalue weighted by atomic mass is 19.1. The van der Waals surface area contributed by atoms with Crippen LogP contribution < -0.4 is 5.32 Å². The van der Waals surface area contributed by atoms with Crippen molar-refractivity contribution in [1.82, 2.24) is 4.98 Å². The second kappa shape index (κ2) is 4.75. The summed E-state index contributed by atoms with van der Waals surface area (Å²) in [5.41, 5.74) is 2.69. The fraction of sp³-hybridized carbons (Fsp3) is 0.154. The van der Waals surface area contributed by atoms with Crippen molar-refractivity contribution in [2.75, 3.05) is 5.32 Å². The van der Waals surface area contributed by atoms with Crippen LogP contribution in [0.15, 0.2) is 42.7 Å². The van der Waals surface area contributed by atoms with Crippen LogP contribution in [-0.2, 0) is 6.54 Å². The fourth-order valence-electron chi connectivity index (χ4n) is 1.49. The summed E-state index contributed by atoms with van der Waals surface area (Å²) >= 11 is 0. The third-order valence-corrected chi connectivity index (χ3v) is 2.38. The number of hydrogen-bond acceptors (Lipinski definition) is 2. The Bertz CT molecular complexity index is 469. The molecule has 1 N–H and O–H groups in total. The molecule has 0 aliphatic carbocycles. The minimum Gasteiger partial charge on any atom is -0.380 e. The Kier molecular flexibility index (Phi) is 3.15. The van der Waals surface area contributed by atoms with Gasteiger partial charge in [0.05, 0.1) is 5.69 Å². The van der Waals surface area contributed by atoms with E-state index in [1.54, 1.807) is 25.4 Å². The van der Waals surface area contributed by atoms with E-state index < -0.39 is 0 Å². The molecule has 16 heavy (non-hydrogen) atoms. The van der Waals surface area contributed by atoms with Gasteiger partial charge in [0.1, 0.15) is 5.82 Å². The number of pyridine rings is 1. The third-order valence-electron chi connectivity index (χ3n) is 2.38. The standard InChI is InChI=1S/C13H13FN2/c1-10-7-11(4-5-13(10)14)8-16-12-3-2-6-15-9-12/h2-7,9,16H,8H2,1H3. The van der Waals surface area contributed by atoms with Gasteiger partial charge in [-0.2, -0.15) is 0 Å². The molecule has 1 heterocycles. The molecule has 0 bridgehead atoms. The fourth-order valence-corrected chi connectivity index (χ4v) is 1.49. The molecule has 2 rings (SSSR count). The molecule has 0 radical (unpaired) electrons. The second-order valence-corrected chi connectivity index (χ2v) is 3.68. The molecule has 2 aromatic rings. The van der Waals surface area contributed by atoms with Gasteiger partial charge in [-0.3, -0.25) is 4.98 Å². The normalized spacial score (nSPS) is 10.1. The molecule has 2 nitrogen and oxygen atoms in total. The van der Waals surface area contributed by atoms with Crippen molar-refractivity contribution in [2.45, 2.75) is 13.5 Å². The van der Waals surface area contributed by atoms with Crippen LogP contribution in [0.2, 0.25) is 0 Å². The highest BCUT2D eigenvalue weighted by Gasteiger charge is 1.98. The summed E-state index contributed by atoms with van der Waals surface area (Å²) in [6.07, 6.45) is 3.49. The van der Waals surface area contributed by atoms with Crippen LogP contribution in [0.1, 0.15) is 11.1 Å². The zero-order valence-corrected chi connectivity index (χ0v) is 9.07. The van der Waals surface area contributed by atoms with Crippen LogP contribution in [0.25, 0.3) is 0 Å². The van der Waals surface area contributed by atoms with Crippen LogP contribution in [0.4, 0.5) is 10.1 Å². The topological polar surface area (TPSA) is 24.9 Å². The predicted octanol–water partition coefficient (Wildman–Crippen LogP) is 3.14. The number of nitrogens with zero attached hydrogens (tertiary/aromatic N) is 1. The lowest BCUT2D eigenvalue weighted by Gasteiger charge is -2.06. The lowest BCUT2D eigenvalue weighted by Crippen LogP contribution is -2.00. The zero-order chi connectivity index (χ0) is 11.4. The Balaban J connectivity index is 2.03. The number of hydrogen-bond donors (Lipinski definition) is 1. The van der Waals surface area contributed by atoms with E-state index >= 15 is 0 Å². The lowest BCUT2D eigenvalue weighted by atomic mass is 10.1. The van der Waals surface area contributed by atoms with Gasteiger partial charge in [-0.05, 0) is 36.2 Å². The first-order chi connectivity index (χ1) is 7.75. The van der Waals surface area contributed by atoms with Gasteiger partial charge >= 0.3 is 0 Å². The number of halogens is 1. The highest BCUT2D eigenvalue weighted by molar-refractivity contribution is 5.40. The Hall–Kier alpha value is -1.90. The molecule has 1 aromatic carbocycles. The summed E-state index contributed by atoms with van der Waals surface area (Å²) in [5, 5.41) is 3.22. The zero-order valence-electron chi connectivity index (χ0n) is 9.07. The molecule has 0 aliphatic heterocycles. The third kappa shape index (κ3) is 2.57. The molecule has 1 aromatic heterocycles. The van der Waals surface area contributed by atoms with Gasteiger partial charge in [0.15, 0.2) is 0 Å². The van der Waals surface area contributed by atoms with Crippen LogP contribution in [-0.4, -0.2) is 4.98 Å². The van der Waals surface area contributed by atoms with Crippen molar-refractivity contribution in [2.24, 2.45) is 0 Å². The average Bonchev–Trinajstić information content (AvgIpc) is 2.32. The minimum absolute atomic E-state index is 0.162. The summed E-state index contributed by atoms with van der Waals surface area (Å²) in [6.45, 7) is 2.44. The molecule has 0 saturated carbocycles. The van der Waals surface area contributed by atoms with Gasteiger partial charge in [-0.25, -0.2) is 4.39 Å². The summed E-state index contributed by atoms with van der Waals surface area (Å²) in [6, 6.07) is 8.95. The van der Waals surface area contributed by atoms with E-state index in [9.17, 15) is 4.39 Å². The van der Waals surface area contributed by atoms with Crippen LogP contribution >= 0.6 is 0 Å². The second-order valence-electron chi connectivity index (χ2n) is 3.68. The van der Waals surface area contributed by atoms with E-state index in [-0.39, 0.29) is 5.82 Å². The van der Waals surface area contributed by atoms with E-state index in [0.717, 1.165) is 11.3 Å². The first kappa shape index (κ1) is 10.6. The highest BCUT2D eigenvalue weighted by Crippen LogP contribution is 2.11. The van der Waals surface area contributed by atoms with Gasteiger partial charge in [-0.1, -0.05) is 12.1 Å². The van der Waals surface area contributed by atoms with Crippen LogP contribution in [0, 0.1) is 12.7 Å². The Morgan fingerprint density at radius 3 is 2.88 bits per heavy atom. The minimum atomic E-state index is -0.162. The number of nitrogens with one attached hydrogen (secondary N) is 1. The molecule has 0 unspecified atom stereocenters. The van der Waals surface area contributed by atoms with Crippen LogP contribution in [0.3, 0.4) is 0 Å². The van der Waals surface area contributed by atoms with Crippen molar-refractivity contribution < 1.29 is 4.39 Å². The number of aromatic nitrogens is 1. The van der Waals surface area contributed by atoms with Crippen LogP contribution in [0.5, 0.6) is 0 Å². The molecule has 3 heteroatoms. The number of anilines is 1. The molecule has 82 valence electrons. The molecule has 0 fully saturated rings. The number of rotatable bonds is 3. The Labute approximate surface area is 94.2 Å². The predicted molar refractivity (Wildman–Crippen MR) is 62.7 cm³/mol. The molecule has 0 atom stereocenters. The van der Waals surface area contributed by atoms with Crippen molar-refractivity contribution >= 4 is 5.69 Å². The molecule has 0 saturated heterocycles. The van der Waals surface area contributed by atoms with Crippen molar-refractivity contribution in [1.29, 1.82) is 0 Å². The smallest absolute Gasteiger partial charge is 0.126 e. The summed E-state index contributed by atoms with van der Waals surface area (Å²) in [4.78, 5) is 4.01. The molecule has 0 amide bonds. The van der Waals surface area contributed by atoms with E-state index in [1.807, 2.05) is 18.2 Å². The maximum Gasteiger partial charge on any atom is 0.126 e. The van der Waals surface area contributed by atoms with E-state index in [4.69, 9.17) is 0 Å². The largest absolute Gasteiger partial charge is 0.380 e.